The van der Waals surface area contributed by atoms with Gasteiger partial charge in [0.25, 0.3) is 11.8 Å². The van der Waals surface area contributed by atoms with Gasteiger partial charge in [-0.15, -0.1) is 11.3 Å². The van der Waals surface area contributed by atoms with Gasteiger partial charge >= 0.3 is 0 Å². The van der Waals surface area contributed by atoms with Gasteiger partial charge in [0.05, 0.1) is 11.3 Å². The van der Waals surface area contributed by atoms with E-state index in [0.29, 0.717) is 37.6 Å². The fourth-order valence-electron chi connectivity index (χ4n) is 2.50. The first-order valence-corrected chi connectivity index (χ1v) is 8.07. The van der Waals surface area contributed by atoms with Gasteiger partial charge in [-0.3, -0.25) is 9.59 Å². The largest absolute Gasteiger partial charge is 0.459 e. The molecule has 0 bridgehead atoms. The molecule has 3 heterocycles. The van der Waals surface area contributed by atoms with Crippen LogP contribution in [0, 0.1) is 6.92 Å². The predicted octanol–water partition coefficient (Wildman–Crippen LogP) is 2.03. The Bertz CT molecular complexity index is 665. The number of aryl methyl sites for hydroxylation is 1. The van der Waals surface area contributed by atoms with Crippen LogP contribution in [0.1, 0.15) is 32.5 Å². The van der Waals surface area contributed by atoms with Crippen molar-refractivity contribution in [3.63, 3.8) is 0 Å². The van der Waals surface area contributed by atoms with Crippen LogP contribution in [0.2, 0.25) is 0 Å². The predicted molar refractivity (Wildman–Crippen MR) is 82.0 cm³/mol. The van der Waals surface area contributed by atoms with E-state index in [1.165, 1.54) is 17.6 Å². The van der Waals surface area contributed by atoms with E-state index in [9.17, 15) is 9.59 Å². The molecule has 6 nitrogen and oxygen atoms in total. The maximum atomic E-state index is 12.4. The van der Waals surface area contributed by atoms with E-state index >= 15 is 0 Å². The summed E-state index contributed by atoms with van der Waals surface area (Å²) in [4.78, 5) is 32.4. The number of nitrogens with zero attached hydrogens (tertiary/aromatic N) is 3. The van der Waals surface area contributed by atoms with Crippen molar-refractivity contribution >= 4 is 23.2 Å². The molecule has 2 aromatic heterocycles. The third kappa shape index (κ3) is 3.04. The van der Waals surface area contributed by atoms with Gasteiger partial charge in [-0.05, 0) is 25.5 Å². The lowest BCUT2D eigenvalue weighted by atomic mass is 10.3. The quantitative estimate of drug-likeness (QED) is 0.849. The van der Waals surface area contributed by atoms with E-state index in [-0.39, 0.29) is 11.8 Å². The molecule has 3 rings (SSSR count). The number of hydrogen-bond acceptors (Lipinski definition) is 5. The SMILES string of the molecule is Cc1nc(C(=O)N2CCCN(C(=O)c3ccco3)CC2)cs1. The molecule has 7 heteroatoms. The first kappa shape index (κ1) is 14.8. The summed E-state index contributed by atoms with van der Waals surface area (Å²) in [7, 11) is 0. The second kappa shape index (κ2) is 6.31. The summed E-state index contributed by atoms with van der Waals surface area (Å²) in [6.45, 7) is 4.17. The molecular formula is C15H17N3O3S. The summed E-state index contributed by atoms with van der Waals surface area (Å²) in [5.41, 5.74) is 0.494. The Balaban J connectivity index is 1.65. The Labute approximate surface area is 132 Å². The lowest BCUT2D eigenvalue weighted by Gasteiger charge is -2.21. The lowest BCUT2D eigenvalue weighted by molar-refractivity contribution is 0.0698. The Kier molecular flexibility index (Phi) is 4.24. The molecule has 0 spiro atoms. The molecule has 1 saturated heterocycles. The van der Waals surface area contributed by atoms with Gasteiger partial charge in [0.15, 0.2) is 5.76 Å². The van der Waals surface area contributed by atoms with Gasteiger partial charge < -0.3 is 14.2 Å². The Morgan fingerprint density at radius 1 is 1.18 bits per heavy atom. The van der Waals surface area contributed by atoms with Crippen molar-refractivity contribution in [2.75, 3.05) is 26.2 Å². The van der Waals surface area contributed by atoms with Crippen LogP contribution >= 0.6 is 11.3 Å². The molecule has 0 saturated carbocycles. The summed E-state index contributed by atoms with van der Waals surface area (Å²) in [5.74, 6) is 0.162. The van der Waals surface area contributed by atoms with Gasteiger partial charge in [-0.2, -0.15) is 0 Å². The molecule has 2 amide bonds. The second-order valence-electron chi connectivity index (χ2n) is 5.17. The molecule has 22 heavy (non-hydrogen) atoms. The van der Waals surface area contributed by atoms with Crippen LogP contribution in [-0.4, -0.2) is 52.8 Å². The van der Waals surface area contributed by atoms with Crippen LogP contribution in [0.3, 0.4) is 0 Å². The molecule has 0 N–H and O–H groups in total. The van der Waals surface area contributed by atoms with Crippen molar-refractivity contribution in [3.8, 4) is 0 Å². The average molecular weight is 319 g/mol. The van der Waals surface area contributed by atoms with Gasteiger partial charge in [0.1, 0.15) is 5.69 Å². The number of rotatable bonds is 2. The van der Waals surface area contributed by atoms with Crippen molar-refractivity contribution in [2.45, 2.75) is 13.3 Å². The van der Waals surface area contributed by atoms with Crippen molar-refractivity contribution < 1.29 is 14.0 Å². The minimum absolute atomic E-state index is 0.0587. The van der Waals surface area contributed by atoms with Gasteiger partial charge in [0.2, 0.25) is 0 Å². The summed E-state index contributed by atoms with van der Waals surface area (Å²) >= 11 is 1.47. The summed E-state index contributed by atoms with van der Waals surface area (Å²) in [6.07, 6.45) is 2.24. The molecule has 1 fully saturated rings. The molecule has 0 radical (unpaired) electrons. The van der Waals surface area contributed by atoms with Crippen LogP contribution in [0.25, 0.3) is 0 Å². The minimum atomic E-state index is -0.121. The first-order chi connectivity index (χ1) is 10.6. The maximum absolute atomic E-state index is 12.4. The second-order valence-corrected chi connectivity index (χ2v) is 6.23. The fourth-order valence-corrected chi connectivity index (χ4v) is 3.09. The number of carbonyl (C=O) groups is 2. The molecular weight excluding hydrogens is 302 g/mol. The molecule has 2 aromatic rings. The lowest BCUT2D eigenvalue weighted by Crippen LogP contribution is -2.37. The van der Waals surface area contributed by atoms with E-state index < -0.39 is 0 Å². The van der Waals surface area contributed by atoms with Crippen LogP contribution in [0.5, 0.6) is 0 Å². The van der Waals surface area contributed by atoms with Gasteiger partial charge in [-0.25, -0.2) is 4.98 Å². The Morgan fingerprint density at radius 2 is 1.91 bits per heavy atom. The number of hydrogen-bond donors (Lipinski definition) is 0. The fraction of sp³-hybridized carbons (Fsp3) is 0.400. The van der Waals surface area contributed by atoms with E-state index in [1.807, 2.05) is 6.92 Å². The van der Waals surface area contributed by atoms with Gasteiger partial charge in [0, 0.05) is 31.6 Å². The van der Waals surface area contributed by atoms with Crippen LogP contribution in [-0.2, 0) is 0 Å². The molecule has 1 aliphatic heterocycles. The number of aromatic nitrogens is 1. The molecule has 116 valence electrons. The van der Waals surface area contributed by atoms with Crippen LogP contribution in [0.15, 0.2) is 28.2 Å². The summed E-state index contributed by atoms with van der Waals surface area (Å²) in [5, 5.41) is 2.67. The monoisotopic (exact) mass is 319 g/mol. The maximum Gasteiger partial charge on any atom is 0.289 e. The summed E-state index contributed by atoms with van der Waals surface area (Å²) in [6, 6.07) is 3.36. The Morgan fingerprint density at radius 3 is 2.50 bits per heavy atom. The van der Waals surface area contributed by atoms with E-state index in [4.69, 9.17) is 4.42 Å². The number of amides is 2. The minimum Gasteiger partial charge on any atom is -0.459 e. The van der Waals surface area contributed by atoms with Gasteiger partial charge in [-0.1, -0.05) is 0 Å². The molecule has 1 aliphatic rings. The zero-order valence-electron chi connectivity index (χ0n) is 12.3. The normalized spacial score (nSPS) is 15.7. The zero-order chi connectivity index (χ0) is 15.5. The third-order valence-electron chi connectivity index (χ3n) is 3.64. The highest BCUT2D eigenvalue weighted by atomic mass is 32.1. The molecule has 0 aliphatic carbocycles. The highest BCUT2D eigenvalue weighted by molar-refractivity contribution is 7.09. The number of thiazole rings is 1. The van der Waals surface area contributed by atoms with Crippen molar-refractivity contribution in [1.82, 2.24) is 14.8 Å². The summed E-state index contributed by atoms with van der Waals surface area (Å²) < 4.78 is 5.16. The average Bonchev–Trinajstić information content (AvgIpc) is 3.13. The smallest absolute Gasteiger partial charge is 0.289 e. The molecule has 0 unspecified atom stereocenters. The van der Waals surface area contributed by atoms with Crippen molar-refractivity contribution in [3.05, 3.63) is 40.2 Å². The number of carbonyl (C=O) groups excluding carboxylic acids is 2. The van der Waals surface area contributed by atoms with E-state index in [2.05, 4.69) is 4.98 Å². The highest BCUT2D eigenvalue weighted by Gasteiger charge is 2.25. The Hall–Kier alpha value is -2.15. The topological polar surface area (TPSA) is 66.7 Å². The highest BCUT2D eigenvalue weighted by Crippen LogP contribution is 2.14. The third-order valence-corrected chi connectivity index (χ3v) is 4.41. The van der Waals surface area contributed by atoms with E-state index in [0.717, 1.165) is 11.4 Å². The van der Waals surface area contributed by atoms with Crippen LogP contribution in [0.4, 0.5) is 0 Å². The van der Waals surface area contributed by atoms with E-state index in [1.54, 1.807) is 27.3 Å². The molecule has 0 atom stereocenters. The van der Waals surface area contributed by atoms with Crippen LogP contribution < -0.4 is 0 Å². The van der Waals surface area contributed by atoms with Crippen molar-refractivity contribution in [2.24, 2.45) is 0 Å². The van der Waals surface area contributed by atoms with Crippen molar-refractivity contribution in [1.29, 1.82) is 0 Å². The standard InChI is InChI=1S/C15H17N3O3S/c1-11-16-12(10-22-11)14(19)17-5-3-6-18(8-7-17)15(20)13-4-2-9-21-13/h2,4,9-10H,3,5-8H2,1H3. The number of furan rings is 1. The zero-order valence-corrected chi connectivity index (χ0v) is 13.1. The first-order valence-electron chi connectivity index (χ1n) is 7.19. The molecule has 0 aromatic carbocycles.